The molecular weight excluding hydrogens is 280 g/mol. The van der Waals surface area contributed by atoms with Gasteiger partial charge < -0.3 is 4.98 Å². The lowest BCUT2D eigenvalue weighted by atomic mass is 9.79. The van der Waals surface area contributed by atoms with Crippen molar-refractivity contribution < 1.29 is 0 Å². The smallest absolute Gasteiger partial charge is 0.0586 e. The Labute approximate surface area is 140 Å². The molecule has 1 aromatic carbocycles. The molecule has 1 N–H and O–H groups in total. The lowest BCUT2D eigenvalue weighted by Crippen LogP contribution is -2.50. The third kappa shape index (κ3) is 2.52. The number of hydrogen-bond donors (Lipinski definition) is 1. The Balaban J connectivity index is 1.70. The predicted molar refractivity (Wildman–Crippen MR) is 97.8 cm³/mol. The van der Waals surface area contributed by atoms with Crippen molar-refractivity contribution in [1.29, 1.82) is 0 Å². The average molecular weight is 310 g/mol. The highest BCUT2D eigenvalue weighted by atomic mass is 15.2. The van der Waals surface area contributed by atoms with Crippen molar-refractivity contribution >= 4 is 10.9 Å². The van der Waals surface area contributed by atoms with E-state index in [0.717, 1.165) is 5.92 Å². The van der Waals surface area contributed by atoms with E-state index in [4.69, 9.17) is 0 Å². The van der Waals surface area contributed by atoms with Crippen LogP contribution in [0.5, 0.6) is 0 Å². The predicted octanol–water partition coefficient (Wildman–Crippen LogP) is 5.23. The van der Waals surface area contributed by atoms with Crippen LogP contribution in [0.3, 0.4) is 0 Å². The average Bonchev–Trinajstić information content (AvgIpc) is 2.88. The first kappa shape index (κ1) is 15.3. The molecule has 23 heavy (non-hydrogen) atoms. The minimum absolute atomic E-state index is 0.216. The number of aromatic amines is 1. The monoisotopic (exact) mass is 310 g/mol. The number of fused-ring (bicyclic) bond motifs is 5. The lowest BCUT2D eigenvalue weighted by Gasteiger charge is -2.47. The maximum Gasteiger partial charge on any atom is 0.0586 e. The zero-order valence-corrected chi connectivity index (χ0v) is 14.7. The van der Waals surface area contributed by atoms with Gasteiger partial charge in [0.05, 0.1) is 5.54 Å². The molecule has 2 atom stereocenters. The maximum absolute atomic E-state index is 3.81. The molecular formula is C21H30N2. The summed E-state index contributed by atoms with van der Waals surface area (Å²) in [5, 5.41) is 1.46. The van der Waals surface area contributed by atoms with E-state index in [1.54, 1.807) is 5.56 Å². The third-order valence-corrected chi connectivity index (χ3v) is 6.39. The SMILES string of the molecule is CCCC[C@H]1CC[C@@]2(C)c3[nH]c4ccccc4c3CCCN2C1. The molecule has 2 heteroatoms. The van der Waals surface area contributed by atoms with Gasteiger partial charge in [-0.25, -0.2) is 0 Å². The van der Waals surface area contributed by atoms with Crippen molar-refractivity contribution in [2.45, 2.75) is 64.3 Å². The van der Waals surface area contributed by atoms with Gasteiger partial charge in [-0.05, 0) is 63.1 Å². The standard InChI is InChI=1S/C21H30N2/c1-3-4-8-16-12-13-21(2)20-18(10-7-14-23(21)15-16)17-9-5-6-11-19(17)22-20/h5-6,9,11,16,22H,3-4,7-8,10,12-15H2,1-2H3/t16-,21-/m0/s1. The Morgan fingerprint density at radius 1 is 1.30 bits per heavy atom. The number of aromatic nitrogens is 1. The first-order valence-electron chi connectivity index (χ1n) is 9.57. The summed E-state index contributed by atoms with van der Waals surface area (Å²) in [6.07, 6.45) is 9.37. The molecule has 0 unspecified atom stereocenters. The molecule has 4 rings (SSSR count). The zero-order chi connectivity index (χ0) is 15.9. The first-order valence-corrected chi connectivity index (χ1v) is 9.57. The van der Waals surface area contributed by atoms with Crippen LogP contribution in [0, 0.1) is 5.92 Å². The molecule has 0 amide bonds. The molecule has 1 aromatic heterocycles. The largest absolute Gasteiger partial charge is 0.357 e. The fourth-order valence-electron chi connectivity index (χ4n) is 4.96. The Kier molecular flexibility index (Phi) is 3.96. The van der Waals surface area contributed by atoms with Gasteiger partial charge in [-0.15, -0.1) is 0 Å². The van der Waals surface area contributed by atoms with Crippen LogP contribution in [0.4, 0.5) is 0 Å². The zero-order valence-electron chi connectivity index (χ0n) is 14.7. The van der Waals surface area contributed by atoms with E-state index in [2.05, 4.69) is 48.0 Å². The fraction of sp³-hybridized carbons (Fsp3) is 0.619. The molecule has 0 aliphatic carbocycles. The number of rotatable bonds is 3. The van der Waals surface area contributed by atoms with Crippen LogP contribution in [-0.4, -0.2) is 23.0 Å². The molecule has 2 aromatic rings. The highest BCUT2D eigenvalue weighted by Gasteiger charge is 2.42. The highest BCUT2D eigenvalue weighted by molar-refractivity contribution is 5.85. The van der Waals surface area contributed by atoms with Gasteiger partial charge in [0.25, 0.3) is 0 Å². The number of aryl methyl sites for hydroxylation is 1. The Bertz CT molecular complexity index is 686. The quantitative estimate of drug-likeness (QED) is 0.822. The number of piperidine rings is 1. The molecule has 1 fully saturated rings. The Morgan fingerprint density at radius 3 is 3.04 bits per heavy atom. The van der Waals surface area contributed by atoms with Crippen LogP contribution in [0.2, 0.25) is 0 Å². The topological polar surface area (TPSA) is 19.0 Å². The molecule has 2 aliphatic heterocycles. The highest BCUT2D eigenvalue weighted by Crippen LogP contribution is 2.44. The molecule has 0 spiro atoms. The number of hydrogen-bond acceptors (Lipinski definition) is 1. The van der Waals surface area contributed by atoms with Crippen molar-refractivity contribution in [2.24, 2.45) is 5.92 Å². The number of benzene rings is 1. The number of nitrogens with one attached hydrogen (secondary N) is 1. The summed E-state index contributed by atoms with van der Waals surface area (Å²) in [4.78, 5) is 6.62. The Hall–Kier alpha value is -1.28. The molecule has 2 aliphatic rings. The van der Waals surface area contributed by atoms with Crippen LogP contribution in [0.15, 0.2) is 24.3 Å². The van der Waals surface area contributed by atoms with Crippen molar-refractivity contribution in [2.75, 3.05) is 13.1 Å². The number of unbranched alkanes of at least 4 members (excludes halogenated alkanes) is 1. The van der Waals surface area contributed by atoms with Gasteiger partial charge in [-0.3, -0.25) is 4.90 Å². The van der Waals surface area contributed by atoms with Crippen molar-refractivity contribution in [3.05, 3.63) is 35.5 Å². The maximum atomic E-state index is 3.81. The minimum atomic E-state index is 0.216. The molecule has 124 valence electrons. The molecule has 3 heterocycles. The molecule has 0 radical (unpaired) electrons. The summed E-state index contributed by atoms with van der Waals surface area (Å²) in [6.45, 7) is 7.36. The normalized spacial score (nSPS) is 28.3. The Morgan fingerprint density at radius 2 is 2.17 bits per heavy atom. The van der Waals surface area contributed by atoms with Gasteiger partial charge in [0.2, 0.25) is 0 Å². The minimum Gasteiger partial charge on any atom is -0.357 e. The van der Waals surface area contributed by atoms with Crippen molar-refractivity contribution in [3.63, 3.8) is 0 Å². The summed E-state index contributed by atoms with van der Waals surface area (Å²) in [5.74, 6) is 0.911. The second kappa shape index (κ2) is 5.98. The van der Waals surface area contributed by atoms with Gasteiger partial charge in [-0.1, -0.05) is 38.0 Å². The summed E-state index contributed by atoms with van der Waals surface area (Å²) in [6, 6.07) is 8.88. The lowest BCUT2D eigenvalue weighted by molar-refractivity contribution is 0.0264. The molecule has 2 nitrogen and oxygen atoms in total. The van der Waals surface area contributed by atoms with E-state index < -0.39 is 0 Å². The fourth-order valence-corrected chi connectivity index (χ4v) is 4.96. The van der Waals surface area contributed by atoms with Gasteiger partial charge in [-0.2, -0.15) is 0 Å². The van der Waals surface area contributed by atoms with E-state index in [0.29, 0.717) is 0 Å². The summed E-state index contributed by atoms with van der Waals surface area (Å²) in [5.41, 5.74) is 4.66. The number of para-hydroxylation sites is 1. The van der Waals surface area contributed by atoms with Crippen LogP contribution < -0.4 is 0 Å². The van der Waals surface area contributed by atoms with E-state index in [9.17, 15) is 0 Å². The van der Waals surface area contributed by atoms with Crippen molar-refractivity contribution in [3.8, 4) is 0 Å². The second-order valence-corrected chi connectivity index (χ2v) is 7.89. The number of H-pyrrole nitrogens is 1. The molecule has 0 bridgehead atoms. The molecule has 1 saturated heterocycles. The number of nitrogens with zero attached hydrogens (tertiary/aromatic N) is 1. The van der Waals surface area contributed by atoms with Crippen LogP contribution in [0.25, 0.3) is 10.9 Å². The van der Waals surface area contributed by atoms with Gasteiger partial charge >= 0.3 is 0 Å². The first-order chi connectivity index (χ1) is 11.2. The summed E-state index contributed by atoms with van der Waals surface area (Å²) >= 11 is 0. The summed E-state index contributed by atoms with van der Waals surface area (Å²) < 4.78 is 0. The second-order valence-electron chi connectivity index (χ2n) is 7.89. The van der Waals surface area contributed by atoms with Gasteiger partial charge in [0.15, 0.2) is 0 Å². The van der Waals surface area contributed by atoms with E-state index in [1.165, 1.54) is 74.6 Å². The van der Waals surface area contributed by atoms with Crippen molar-refractivity contribution in [1.82, 2.24) is 9.88 Å². The molecule has 0 saturated carbocycles. The van der Waals surface area contributed by atoms with E-state index in [-0.39, 0.29) is 5.54 Å². The van der Waals surface area contributed by atoms with Gasteiger partial charge in [0, 0.05) is 23.1 Å². The summed E-state index contributed by atoms with van der Waals surface area (Å²) in [7, 11) is 0. The third-order valence-electron chi connectivity index (χ3n) is 6.39. The van der Waals surface area contributed by atoms with Crippen LogP contribution in [0.1, 0.15) is 63.6 Å². The van der Waals surface area contributed by atoms with Gasteiger partial charge in [0.1, 0.15) is 0 Å². The van der Waals surface area contributed by atoms with E-state index in [1.807, 2.05) is 0 Å². The van der Waals surface area contributed by atoms with Crippen LogP contribution in [-0.2, 0) is 12.0 Å². The van der Waals surface area contributed by atoms with E-state index >= 15 is 0 Å². The van der Waals surface area contributed by atoms with Crippen LogP contribution >= 0.6 is 0 Å².